The van der Waals surface area contributed by atoms with Gasteiger partial charge in [-0.05, 0) is 26.8 Å². The molecule has 0 heterocycles. The molecule has 17 heavy (non-hydrogen) atoms. The van der Waals surface area contributed by atoms with E-state index in [9.17, 15) is 10.2 Å². The molecule has 1 aromatic carbocycles. The fourth-order valence-corrected chi connectivity index (χ4v) is 1.60. The van der Waals surface area contributed by atoms with Crippen LogP contribution in [0.15, 0.2) is 18.2 Å². The van der Waals surface area contributed by atoms with Gasteiger partial charge in [-0.15, -0.1) is 0 Å². The Balaban J connectivity index is 3.41. The third-order valence-electron chi connectivity index (χ3n) is 3.12. The molecule has 0 amide bonds. The lowest BCUT2D eigenvalue weighted by molar-refractivity contribution is -0.126. The lowest BCUT2D eigenvalue weighted by Gasteiger charge is -2.37. The second kappa shape index (κ2) is 4.55. The zero-order valence-corrected chi connectivity index (χ0v) is 10.9. The molecule has 0 saturated heterocycles. The maximum absolute atomic E-state index is 10.5. The summed E-state index contributed by atoms with van der Waals surface area (Å²) in [5.74, 6) is 0.955. The minimum atomic E-state index is -1.44. The first-order chi connectivity index (χ1) is 7.75. The second-order valence-electron chi connectivity index (χ2n) is 4.67. The summed E-state index contributed by atoms with van der Waals surface area (Å²) in [6.45, 7) is 4.64. The van der Waals surface area contributed by atoms with E-state index in [-0.39, 0.29) is 0 Å². The molecular formula is C13H20O4. The van der Waals surface area contributed by atoms with Gasteiger partial charge in [0.1, 0.15) is 5.60 Å². The van der Waals surface area contributed by atoms with Crippen molar-refractivity contribution in [2.45, 2.75) is 32.0 Å². The highest BCUT2D eigenvalue weighted by molar-refractivity contribution is 5.49. The van der Waals surface area contributed by atoms with Gasteiger partial charge in [-0.25, -0.2) is 0 Å². The SMILES string of the molecule is COc1cccc(C(C)(O)C(C)(C)O)c1OC. The second-order valence-corrected chi connectivity index (χ2v) is 4.67. The smallest absolute Gasteiger partial charge is 0.166 e. The molecule has 1 rings (SSSR count). The third-order valence-corrected chi connectivity index (χ3v) is 3.12. The Morgan fingerprint density at radius 2 is 1.59 bits per heavy atom. The molecule has 4 heteroatoms. The summed E-state index contributed by atoms with van der Waals surface area (Å²) < 4.78 is 10.4. The van der Waals surface area contributed by atoms with Crippen LogP contribution in [0.25, 0.3) is 0 Å². The Bertz CT molecular complexity index is 391. The van der Waals surface area contributed by atoms with Gasteiger partial charge >= 0.3 is 0 Å². The Kier molecular flexibility index (Phi) is 3.69. The van der Waals surface area contributed by atoms with E-state index in [2.05, 4.69) is 0 Å². The van der Waals surface area contributed by atoms with E-state index in [1.165, 1.54) is 14.2 Å². The van der Waals surface area contributed by atoms with Gasteiger partial charge in [-0.2, -0.15) is 0 Å². The Morgan fingerprint density at radius 1 is 1.00 bits per heavy atom. The van der Waals surface area contributed by atoms with Crippen molar-refractivity contribution >= 4 is 0 Å². The van der Waals surface area contributed by atoms with Crippen LogP contribution >= 0.6 is 0 Å². The molecule has 96 valence electrons. The molecule has 0 aliphatic carbocycles. The summed E-state index contributed by atoms with van der Waals surface area (Å²) in [6.07, 6.45) is 0. The van der Waals surface area contributed by atoms with Gasteiger partial charge in [0.15, 0.2) is 11.5 Å². The number of hydrogen-bond acceptors (Lipinski definition) is 4. The molecule has 0 saturated carbocycles. The summed E-state index contributed by atoms with van der Waals surface area (Å²) in [7, 11) is 3.03. The summed E-state index contributed by atoms with van der Waals surface area (Å²) in [5, 5.41) is 20.5. The topological polar surface area (TPSA) is 58.9 Å². The molecule has 0 aliphatic rings. The Labute approximate surface area is 102 Å². The van der Waals surface area contributed by atoms with Gasteiger partial charge in [-0.1, -0.05) is 12.1 Å². The summed E-state index contributed by atoms with van der Waals surface area (Å²) in [4.78, 5) is 0. The zero-order valence-electron chi connectivity index (χ0n) is 10.9. The molecule has 1 atom stereocenters. The fraction of sp³-hybridized carbons (Fsp3) is 0.538. The van der Waals surface area contributed by atoms with Crippen molar-refractivity contribution in [2.24, 2.45) is 0 Å². The minimum Gasteiger partial charge on any atom is -0.493 e. The van der Waals surface area contributed by atoms with E-state index >= 15 is 0 Å². The molecule has 0 radical (unpaired) electrons. The predicted octanol–water partition coefficient (Wildman–Crippen LogP) is 1.68. The standard InChI is InChI=1S/C13H20O4/c1-12(2,14)13(3,15)9-7-6-8-10(16-4)11(9)17-5/h6-8,14-15H,1-5H3. The normalized spacial score (nSPS) is 15.2. The predicted molar refractivity (Wildman–Crippen MR) is 65.4 cm³/mol. The van der Waals surface area contributed by atoms with Crippen LogP contribution in [-0.2, 0) is 5.60 Å². The highest BCUT2D eigenvalue weighted by Crippen LogP contribution is 2.41. The van der Waals surface area contributed by atoms with E-state index in [0.717, 1.165) is 0 Å². The van der Waals surface area contributed by atoms with E-state index in [4.69, 9.17) is 9.47 Å². The number of hydrogen-bond donors (Lipinski definition) is 2. The highest BCUT2D eigenvalue weighted by atomic mass is 16.5. The van der Waals surface area contributed by atoms with Crippen molar-refractivity contribution in [1.29, 1.82) is 0 Å². The van der Waals surface area contributed by atoms with Gasteiger partial charge in [0.05, 0.1) is 19.8 Å². The zero-order chi connectivity index (χ0) is 13.3. The van der Waals surface area contributed by atoms with Crippen molar-refractivity contribution in [3.63, 3.8) is 0 Å². The first-order valence-corrected chi connectivity index (χ1v) is 5.42. The van der Waals surface area contributed by atoms with Gasteiger partial charge in [-0.3, -0.25) is 0 Å². The number of methoxy groups -OCH3 is 2. The molecule has 0 aromatic heterocycles. The van der Waals surface area contributed by atoms with Crippen molar-refractivity contribution in [3.05, 3.63) is 23.8 Å². The van der Waals surface area contributed by atoms with Crippen LogP contribution in [0.1, 0.15) is 26.3 Å². The average Bonchev–Trinajstić information content (AvgIpc) is 2.26. The summed E-state index contributed by atoms with van der Waals surface area (Å²) in [6, 6.07) is 5.19. The van der Waals surface area contributed by atoms with Crippen LogP contribution in [0.2, 0.25) is 0 Å². The number of benzene rings is 1. The molecule has 4 nitrogen and oxygen atoms in total. The average molecular weight is 240 g/mol. The number of rotatable bonds is 4. The molecular weight excluding hydrogens is 220 g/mol. The van der Waals surface area contributed by atoms with Gasteiger partial charge in [0, 0.05) is 5.56 Å². The van der Waals surface area contributed by atoms with Crippen LogP contribution in [0.5, 0.6) is 11.5 Å². The first-order valence-electron chi connectivity index (χ1n) is 5.42. The van der Waals surface area contributed by atoms with E-state index in [1.54, 1.807) is 39.0 Å². The van der Waals surface area contributed by atoms with Crippen LogP contribution in [0, 0.1) is 0 Å². The highest BCUT2D eigenvalue weighted by Gasteiger charge is 2.41. The van der Waals surface area contributed by atoms with Gasteiger partial charge in [0.25, 0.3) is 0 Å². The summed E-state index contributed by atoms with van der Waals surface area (Å²) in [5.41, 5.74) is -2.24. The largest absolute Gasteiger partial charge is 0.493 e. The maximum atomic E-state index is 10.5. The van der Waals surface area contributed by atoms with Gasteiger partial charge < -0.3 is 19.7 Å². The molecule has 0 aliphatic heterocycles. The lowest BCUT2D eigenvalue weighted by Crippen LogP contribution is -2.45. The van der Waals surface area contributed by atoms with Crippen LogP contribution in [0.4, 0.5) is 0 Å². The number of ether oxygens (including phenoxy) is 2. The van der Waals surface area contributed by atoms with Crippen molar-refractivity contribution in [3.8, 4) is 11.5 Å². The van der Waals surface area contributed by atoms with Crippen molar-refractivity contribution in [2.75, 3.05) is 14.2 Å². The van der Waals surface area contributed by atoms with E-state index < -0.39 is 11.2 Å². The monoisotopic (exact) mass is 240 g/mol. The lowest BCUT2D eigenvalue weighted by atomic mass is 9.81. The van der Waals surface area contributed by atoms with E-state index in [1.807, 2.05) is 0 Å². The first kappa shape index (κ1) is 13.8. The van der Waals surface area contributed by atoms with Gasteiger partial charge in [0.2, 0.25) is 0 Å². The third kappa shape index (κ3) is 2.37. The number of aliphatic hydroxyl groups is 2. The van der Waals surface area contributed by atoms with E-state index in [0.29, 0.717) is 17.1 Å². The minimum absolute atomic E-state index is 0.433. The quantitative estimate of drug-likeness (QED) is 0.840. The van der Waals surface area contributed by atoms with Crippen LogP contribution in [0.3, 0.4) is 0 Å². The number of para-hydroxylation sites is 1. The molecule has 0 spiro atoms. The molecule has 1 aromatic rings. The molecule has 0 bridgehead atoms. The van der Waals surface area contributed by atoms with Crippen LogP contribution in [-0.4, -0.2) is 30.0 Å². The molecule has 1 unspecified atom stereocenters. The maximum Gasteiger partial charge on any atom is 0.166 e. The Hall–Kier alpha value is -1.26. The fourth-order valence-electron chi connectivity index (χ4n) is 1.60. The van der Waals surface area contributed by atoms with Crippen LogP contribution < -0.4 is 9.47 Å². The molecule has 0 fully saturated rings. The van der Waals surface area contributed by atoms with Crippen molar-refractivity contribution < 1.29 is 19.7 Å². The Morgan fingerprint density at radius 3 is 2.00 bits per heavy atom. The summed E-state index contributed by atoms with van der Waals surface area (Å²) >= 11 is 0. The molecule has 2 N–H and O–H groups in total. The van der Waals surface area contributed by atoms with Crippen molar-refractivity contribution in [1.82, 2.24) is 0 Å².